The molecule has 112 valence electrons. The van der Waals surface area contributed by atoms with Crippen LogP contribution in [0.1, 0.15) is 19.8 Å². The number of rotatable bonds is 6. The Hall–Kier alpha value is -1.26. The average molecular weight is 279 g/mol. The number of hydrogen-bond acceptors (Lipinski definition) is 4. The fourth-order valence-corrected chi connectivity index (χ4v) is 2.69. The Kier molecular flexibility index (Phi) is 5.68. The first-order valence-corrected chi connectivity index (χ1v) is 7.34. The Bertz CT molecular complexity index is 410. The summed E-state index contributed by atoms with van der Waals surface area (Å²) in [4.78, 5) is 2.33. The SMILES string of the molecule is COc1cccc(OC[C@@H](O)CN2CCC[C@H](C)C2)c1. The highest BCUT2D eigenvalue weighted by Crippen LogP contribution is 2.19. The van der Waals surface area contributed by atoms with Crippen molar-refractivity contribution in [1.82, 2.24) is 4.90 Å². The molecule has 0 bridgehead atoms. The van der Waals surface area contributed by atoms with Crippen molar-refractivity contribution in [3.63, 3.8) is 0 Å². The zero-order valence-corrected chi connectivity index (χ0v) is 12.4. The van der Waals surface area contributed by atoms with Gasteiger partial charge < -0.3 is 19.5 Å². The lowest BCUT2D eigenvalue weighted by Crippen LogP contribution is -2.41. The highest BCUT2D eigenvalue weighted by atomic mass is 16.5. The summed E-state index contributed by atoms with van der Waals surface area (Å²) in [6.07, 6.45) is 2.07. The molecule has 0 spiro atoms. The third kappa shape index (κ3) is 4.69. The summed E-state index contributed by atoms with van der Waals surface area (Å²) in [5.74, 6) is 2.23. The summed E-state index contributed by atoms with van der Waals surface area (Å²) in [6, 6.07) is 7.46. The van der Waals surface area contributed by atoms with Crippen molar-refractivity contribution in [1.29, 1.82) is 0 Å². The number of ether oxygens (including phenoxy) is 2. The summed E-state index contributed by atoms with van der Waals surface area (Å²) in [7, 11) is 1.63. The van der Waals surface area contributed by atoms with Crippen LogP contribution in [0, 0.1) is 5.92 Å². The number of likely N-dealkylation sites (tertiary alicyclic amines) is 1. The molecule has 1 fully saturated rings. The minimum absolute atomic E-state index is 0.318. The summed E-state index contributed by atoms with van der Waals surface area (Å²) in [6.45, 7) is 5.44. The molecule has 2 atom stereocenters. The van der Waals surface area contributed by atoms with E-state index in [9.17, 15) is 5.11 Å². The summed E-state index contributed by atoms with van der Waals surface area (Å²) in [5.41, 5.74) is 0. The van der Waals surface area contributed by atoms with Crippen molar-refractivity contribution in [2.45, 2.75) is 25.9 Å². The van der Waals surface area contributed by atoms with Gasteiger partial charge in [-0.25, -0.2) is 0 Å². The number of methoxy groups -OCH3 is 1. The smallest absolute Gasteiger partial charge is 0.123 e. The van der Waals surface area contributed by atoms with Gasteiger partial charge in [0.1, 0.15) is 24.2 Å². The molecular weight excluding hydrogens is 254 g/mol. The summed E-state index contributed by atoms with van der Waals surface area (Å²) >= 11 is 0. The molecule has 20 heavy (non-hydrogen) atoms. The minimum Gasteiger partial charge on any atom is -0.497 e. The topological polar surface area (TPSA) is 41.9 Å². The molecule has 4 nitrogen and oxygen atoms in total. The molecule has 0 saturated carbocycles. The first kappa shape index (κ1) is 15.1. The van der Waals surface area contributed by atoms with Crippen molar-refractivity contribution in [2.75, 3.05) is 33.4 Å². The zero-order chi connectivity index (χ0) is 14.4. The lowest BCUT2D eigenvalue weighted by molar-refractivity contribution is 0.0536. The molecule has 0 aromatic heterocycles. The van der Waals surface area contributed by atoms with Gasteiger partial charge in [-0.05, 0) is 37.4 Å². The Morgan fingerprint density at radius 2 is 2.20 bits per heavy atom. The monoisotopic (exact) mass is 279 g/mol. The van der Waals surface area contributed by atoms with E-state index >= 15 is 0 Å². The van der Waals surface area contributed by atoms with Crippen LogP contribution in [0.2, 0.25) is 0 Å². The number of β-amino-alcohol motifs (C(OH)–C–C–N with tert-alkyl or cyclic N) is 1. The second-order valence-corrected chi connectivity index (χ2v) is 5.65. The number of hydrogen-bond donors (Lipinski definition) is 1. The van der Waals surface area contributed by atoms with Crippen LogP contribution in [0.3, 0.4) is 0 Å². The quantitative estimate of drug-likeness (QED) is 0.866. The maximum absolute atomic E-state index is 10.1. The second-order valence-electron chi connectivity index (χ2n) is 5.65. The van der Waals surface area contributed by atoms with Gasteiger partial charge in [0.25, 0.3) is 0 Å². The largest absolute Gasteiger partial charge is 0.497 e. The summed E-state index contributed by atoms with van der Waals surface area (Å²) < 4.78 is 10.8. The fraction of sp³-hybridized carbons (Fsp3) is 0.625. The van der Waals surface area contributed by atoms with Crippen molar-refractivity contribution in [3.8, 4) is 11.5 Å². The first-order chi connectivity index (χ1) is 9.67. The lowest BCUT2D eigenvalue weighted by Gasteiger charge is -2.32. The van der Waals surface area contributed by atoms with E-state index in [0.717, 1.165) is 30.5 Å². The second kappa shape index (κ2) is 7.50. The van der Waals surface area contributed by atoms with Gasteiger partial charge in [-0.2, -0.15) is 0 Å². The van der Waals surface area contributed by atoms with Crippen LogP contribution in [0.15, 0.2) is 24.3 Å². The van der Waals surface area contributed by atoms with Gasteiger partial charge in [-0.3, -0.25) is 0 Å². The van der Waals surface area contributed by atoms with Crippen molar-refractivity contribution in [3.05, 3.63) is 24.3 Å². The van der Waals surface area contributed by atoms with Gasteiger partial charge in [0, 0.05) is 19.2 Å². The van der Waals surface area contributed by atoms with E-state index < -0.39 is 6.10 Å². The van der Waals surface area contributed by atoms with E-state index in [4.69, 9.17) is 9.47 Å². The first-order valence-electron chi connectivity index (χ1n) is 7.34. The van der Waals surface area contributed by atoms with Crippen molar-refractivity contribution >= 4 is 0 Å². The highest BCUT2D eigenvalue weighted by molar-refractivity contribution is 5.32. The van der Waals surface area contributed by atoms with Crippen LogP contribution in [0.5, 0.6) is 11.5 Å². The summed E-state index contributed by atoms with van der Waals surface area (Å²) in [5, 5.41) is 10.1. The van der Waals surface area contributed by atoms with Crippen LogP contribution in [-0.4, -0.2) is 49.5 Å². The van der Waals surface area contributed by atoms with Gasteiger partial charge in [-0.15, -0.1) is 0 Å². The number of aliphatic hydroxyl groups is 1. The molecule has 0 unspecified atom stereocenters. The van der Waals surface area contributed by atoms with E-state index in [1.807, 2.05) is 24.3 Å². The molecule has 4 heteroatoms. The maximum Gasteiger partial charge on any atom is 0.123 e. The molecule has 2 rings (SSSR count). The average Bonchev–Trinajstić information content (AvgIpc) is 2.45. The van der Waals surface area contributed by atoms with E-state index in [1.54, 1.807) is 7.11 Å². The van der Waals surface area contributed by atoms with Gasteiger partial charge in [-0.1, -0.05) is 13.0 Å². The third-order valence-electron chi connectivity index (χ3n) is 3.69. The van der Waals surface area contributed by atoms with Crippen molar-refractivity contribution in [2.24, 2.45) is 5.92 Å². The van der Waals surface area contributed by atoms with Gasteiger partial charge in [0.05, 0.1) is 7.11 Å². The molecule has 0 radical (unpaired) electrons. The molecule has 0 aliphatic carbocycles. The maximum atomic E-state index is 10.1. The van der Waals surface area contributed by atoms with Crippen LogP contribution in [0.25, 0.3) is 0 Å². The molecule has 1 aromatic rings. The number of piperidine rings is 1. The Balaban J connectivity index is 1.75. The predicted molar refractivity (Wildman–Crippen MR) is 79.3 cm³/mol. The van der Waals surface area contributed by atoms with E-state index in [-0.39, 0.29) is 0 Å². The van der Waals surface area contributed by atoms with Crippen LogP contribution in [0.4, 0.5) is 0 Å². The van der Waals surface area contributed by atoms with Gasteiger partial charge >= 0.3 is 0 Å². The molecular formula is C16H25NO3. The minimum atomic E-state index is -0.452. The number of aliphatic hydroxyl groups excluding tert-OH is 1. The highest BCUT2D eigenvalue weighted by Gasteiger charge is 2.19. The lowest BCUT2D eigenvalue weighted by atomic mass is 10.0. The van der Waals surface area contributed by atoms with Crippen LogP contribution in [-0.2, 0) is 0 Å². The van der Waals surface area contributed by atoms with E-state index in [0.29, 0.717) is 13.2 Å². The number of nitrogens with zero attached hydrogens (tertiary/aromatic N) is 1. The van der Waals surface area contributed by atoms with E-state index in [2.05, 4.69) is 11.8 Å². The molecule has 1 N–H and O–H groups in total. The molecule has 1 aliphatic rings. The Morgan fingerprint density at radius 1 is 1.40 bits per heavy atom. The zero-order valence-electron chi connectivity index (χ0n) is 12.4. The van der Waals surface area contributed by atoms with Crippen molar-refractivity contribution < 1.29 is 14.6 Å². The predicted octanol–water partition coefficient (Wildman–Crippen LogP) is 2.17. The van der Waals surface area contributed by atoms with Gasteiger partial charge in [0.2, 0.25) is 0 Å². The van der Waals surface area contributed by atoms with E-state index in [1.165, 1.54) is 12.8 Å². The Morgan fingerprint density at radius 3 is 2.95 bits per heavy atom. The Labute approximate surface area is 121 Å². The molecule has 0 amide bonds. The fourth-order valence-electron chi connectivity index (χ4n) is 2.69. The molecule has 1 heterocycles. The molecule has 1 aliphatic heterocycles. The van der Waals surface area contributed by atoms with Crippen LogP contribution >= 0.6 is 0 Å². The standard InChI is InChI=1S/C16H25NO3/c1-13-5-4-8-17(10-13)11-14(18)12-20-16-7-3-6-15(9-16)19-2/h3,6-7,9,13-14,18H,4-5,8,10-12H2,1-2H3/t13-,14-/m0/s1. The normalized spacial score (nSPS) is 21.4. The molecule has 1 saturated heterocycles. The molecule has 1 aromatic carbocycles. The number of benzene rings is 1. The third-order valence-corrected chi connectivity index (χ3v) is 3.69. The van der Waals surface area contributed by atoms with Crippen LogP contribution < -0.4 is 9.47 Å². The van der Waals surface area contributed by atoms with Gasteiger partial charge in [0.15, 0.2) is 0 Å².